The van der Waals surface area contributed by atoms with E-state index in [2.05, 4.69) is 26.0 Å². The summed E-state index contributed by atoms with van der Waals surface area (Å²) in [6.45, 7) is 4.58. The molecule has 0 radical (unpaired) electrons. The summed E-state index contributed by atoms with van der Waals surface area (Å²) in [5.74, 6) is 0.519. The van der Waals surface area contributed by atoms with Crippen molar-refractivity contribution in [3.05, 3.63) is 12.2 Å². The Hall–Kier alpha value is -0.590. The summed E-state index contributed by atoms with van der Waals surface area (Å²) >= 11 is 0. The van der Waals surface area contributed by atoms with Gasteiger partial charge in [0.05, 0.1) is 0 Å². The quantitative estimate of drug-likeness (QED) is 0.0606. The van der Waals surface area contributed by atoms with Crippen molar-refractivity contribution in [1.82, 2.24) is 0 Å². The topological polar surface area (TPSA) is 17.1 Å². The number of ketones is 1. The standard InChI is InChI=1S/C37H72O/c1-3-5-7-9-11-13-15-17-19-21-23-25-27-29-31-33-35-37(38)36-34-32-30-28-26-24-22-20-18-16-14-12-10-8-6-4-2/h17,19H,3-16,18,20-36H2,1-2H3. The predicted octanol–water partition coefficient (Wildman–Crippen LogP) is 13.6. The van der Waals surface area contributed by atoms with Gasteiger partial charge in [0.15, 0.2) is 0 Å². The van der Waals surface area contributed by atoms with E-state index in [4.69, 9.17) is 0 Å². The number of Topliss-reactive ketones (excluding diaryl/α,β-unsaturated/α-hetero) is 1. The lowest BCUT2D eigenvalue weighted by atomic mass is 10.0. The summed E-state index contributed by atoms with van der Waals surface area (Å²) in [7, 11) is 0. The smallest absolute Gasteiger partial charge is 0.132 e. The molecule has 1 nitrogen and oxygen atoms in total. The maximum atomic E-state index is 12.1. The number of carbonyl (C=O) groups is 1. The molecule has 0 N–H and O–H groups in total. The van der Waals surface area contributed by atoms with Crippen LogP contribution in [-0.2, 0) is 4.79 Å². The minimum absolute atomic E-state index is 0.519. The average Bonchev–Trinajstić information content (AvgIpc) is 2.92. The third-order valence-electron chi connectivity index (χ3n) is 8.28. The van der Waals surface area contributed by atoms with E-state index in [-0.39, 0.29) is 0 Å². The van der Waals surface area contributed by atoms with Crippen molar-refractivity contribution in [2.24, 2.45) is 0 Å². The highest BCUT2D eigenvalue weighted by molar-refractivity contribution is 5.78. The summed E-state index contributed by atoms with van der Waals surface area (Å²) in [5.41, 5.74) is 0. The molecule has 0 aliphatic carbocycles. The van der Waals surface area contributed by atoms with Crippen LogP contribution in [0.4, 0.5) is 0 Å². The Bertz CT molecular complexity index is 465. The zero-order valence-electron chi connectivity index (χ0n) is 26.7. The maximum absolute atomic E-state index is 12.1. The number of unbranched alkanes of at least 4 members (excludes halogenated alkanes) is 27. The zero-order chi connectivity index (χ0) is 27.6. The van der Waals surface area contributed by atoms with Crippen LogP contribution in [0.1, 0.15) is 219 Å². The Kier molecular flexibility index (Phi) is 33.9. The Labute approximate surface area is 241 Å². The molecule has 0 aromatic heterocycles. The summed E-state index contributed by atoms with van der Waals surface area (Å²) in [4.78, 5) is 12.1. The first-order valence-corrected chi connectivity index (χ1v) is 18.0. The fourth-order valence-corrected chi connectivity index (χ4v) is 5.56. The number of hydrogen-bond donors (Lipinski definition) is 0. The van der Waals surface area contributed by atoms with Crippen LogP contribution in [0.15, 0.2) is 12.2 Å². The van der Waals surface area contributed by atoms with Crippen molar-refractivity contribution >= 4 is 5.78 Å². The van der Waals surface area contributed by atoms with Crippen LogP contribution in [-0.4, -0.2) is 5.78 Å². The molecule has 0 unspecified atom stereocenters. The third-order valence-corrected chi connectivity index (χ3v) is 8.28. The Morgan fingerprint density at radius 2 is 0.579 bits per heavy atom. The average molecular weight is 533 g/mol. The molecule has 0 aliphatic heterocycles. The van der Waals surface area contributed by atoms with Gasteiger partial charge in [-0.25, -0.2) is 0 Å². The molecule has 0 aromatic rings. The van der Waals surface area contributed by atoms with Gasteiger partial charge in [-0.2, -0.15) is 0 Å². The van der Waals surface area contributed by atoms with E-state index in [1.54, 1.807) is 0 Å². The van der Waals surface area contributed by atoms with Gasteiger partial charge >= 0.3 is 0 Å². The van der Waals surface area contributed by atoms with Gasteiger partial charge in [0, 0.05) is 12.8 Å². The number of rotatable bonds is 33. The molecule has 0 aliphatic rings. The van der Waals surface area contributed by atoms with E-state index < -0.39 is 0 Å². The second kappa shape index (κ2) is 34.4. The van der Waals surface area contributed by atoms with Gasteiger partial charge in [0.25, 0.3) is 0 Å². The molecule has 0 spiro atoms. The molecule has 0 heterocycles. The molecular weight excluding hydrogens is 460 g/mol. The molecule has 0 rings (SSSR count). The van der Waals surface area contributed by atoms with Crippen LogP contribution in [0.2, 0.25) is 0 Å². The lowest BCUT2D eigenvalue weighted by molar-refractivity contribution is -0.119. The SMILES string of the molecule is CCCCCCCCC=CCCCCCCCCC(=O)CCCCCCCCCCCCCCCCCC. The summed E-state index contributed by atoms with van der Waals surface area (Å²) in [5, 5.41) is 0. The van der Waals surface area contributed by atoms with Crippen LogP contribution in [0.25, 0.3) is 0 Å². The monoisotopic (exact) mass is 533 g/mol. The van der Waals surface area contributed by atoms with Gasteiger partial charge in [-0.1, -0.05) is 180 Å². The summed E-state index contributed by atoms with van der Waals surface area (Å²) < 4.78 is 0. The molecule has 0 atom stereocenters. The van der Waals surface area contributed by atoms with Crippen molar-refractivity contribution in [3.63, 3.8) is 0 Å². The molecular formula is C37H72O. The van der Waals surface area contributed by atoms with Gasteiger partial charge in [-0.3, -0.25) is 4.79 Å². The van der Waals surface area contributed by atoms with E-state index in [9.17, 15) is 4.79 Å². The minimum atomic E-state index is 0.519. The second-order valence-electron chi connectivity index (χ2n) is 12.3. The Balaban J connectivity index is 3.18. The molecule has 38 heavy (non-hydrogen) atoms. The zero-order valence-corrected chi connectivity index (χ0v) is 26.7. The first kappa shape index (κ1) is 37.4. The first-order valence-electron chi connectivity index (χ1n) is 18.0. The lowest BCUT2D eigenvalue weighted by Gasteiger charge is -2.04. The van der Waals surface area contributed by atoms with Crippen LogP contribution in [0, 0.1) is 0 Å². The maximum Gasteiger partial charge on any atom is 0.132 e. The van der Waals surface area contributed by atoms with Crippen molar-refractivity contribution in [2.75, 3.05) is 0 Å². The molecule has 226 valence electrons. The van der Waals surface area contributed by atoms with Crippen molar-refractivity contribution in [3.8, 4) is 0 Å². The highest BCUT2D eigenvalue weighted by Crippen LogP contribution is 2.15. The molecule has 0 saturated heterocycles. The van der Waals surface area contributed by atoms with Gasteiger partial charge < -0.3 is 0 Å². The van der Waals surface area contributed by atoms with Crippen molar-refractivity contribution < 1.29 is 4.79 Å². The summed E-state index contributed by atoms with van der Waals surface area (Å²) in [6, 6.07) is 0. The normalized spacial score (nSPS) is 11.6. The van der Waals surface area contributed by atoms with Gasteiger partial charge in [-0.05, 0) is 38.5 Å². The van der Waals surface area contributed by atoms with Crippen molar-refractivity contribution in [1.29, 1.82) is 0 Å². The molecule has 1 heteroatoms. The molecule has 0 saturated carbocycles. The van der Waals surface area contributed by atoms with E-state index in [0.29, 0.717) is 5.78 Å². The van der Waals surface area contributed by atoms with E-state index >= 15 is 0 Å². The predicted molar refractivity (Wildman–Crippen MR) is 173 cm³/mol. The number of carbonyl (C=O) groups excluding carboxylic acids is 1. The van der Waals surface area contributed by atoms with Gasteiger partial charge in [0.1, 0.15) is 5.78 Å². The largest absolute Gasteiger partial charge is 0.300 e. The van der Waals surface area contributed by atoms with Crippen molar-refractivity contribution in [2.45, 2.75) is 219 Å². The van der Waals surface area contributed by atoms with Gasteiger partial charge in [-0.15, -0.1) is 0 Å². The highest BCUT2D eigenvalue weighted by Gasteiger charge is 2.02. The highest BCUT2D eigenvalue weighted by atomic mass is 16.1. The lowest BCUT2D eigenvalue weighted by Crippen LogP contribution is -1.97. The fourth-order valence-electron chi connectivity index (χ4n) is 5.56. The number of allylic oxidation sites excluding steroid dienone is 2. The fraction of sp³-hybridized carbons (Fsp3) is 0.919. The molecule has 0 bridgehead atoms. The van der Waals surface area contributed by atoms with Crippen LogP contribution in [0.3, 0.4) is 0 Å². The molecule has 0 aromatic carbocycles. The molecule has 0 fully saturated rings. The van der Waals surface area contributed by atoms with Crippen LogP contribution < -0.4 is 0 Å². The van der Waals surface area contributed by atoms with E-state index in [0.717, 1.165) is 25.7 Å². The second-order valence-corrected chi connectivity index (χ2v) is 12.3. The molecule has 0 amide bonds. The third kappa shape index (κ3) is 33.4. The first-order chi connectivity index (χ1) is 18.8. The van der Waals surface area contributed by atoms with E-state index in [1.807, 2.05) is 0 Å². The number of hydrogen-bond acceptors (Lipinski definition) is 1. The Morgan fingerprint density at radius 1 is 0.342 bits per heavy atom. The van der Waals surface area contributed by atoms with Crippen LogP contribution >= 0.6 is 0 Å². The minimum Gasteiger partial charge on any atom is -0.300 e. The summed E-state index contributed by atoms with van der Waals surface area (Å²) in [6.07, 6.45) is 47.4. The van der Waals surface area contributed by atoms with E-state index in [1.165, 1.54) is 180 Å². The van der Waals surface area contributed by atoms with Crippen LogP contribution in [0.5, 0.6) is 0 Å². The Morgan fingerprint density at radius 3 is 0.868 bits per heavy atom. The van der Waals surface area contributed by atoms with Gasteiger partial charge in [0.2, 0.25) is 0 Å².